The number of ether oxygens (including phenoxy) is 1. The van der Waals surface area contributed by atoms with Gasteiger partial charge < -0.3 is 26.1 Å². The lowest BCUT2D eigenvalue weighted by Crippen LogP contribution is -2.30. The zero-order valence-corrected chi connectivity index (χ0v) is 14.1. The number of benzene rings is 1. The van der Waals surface area contributed by atoms with E-state index in [0.29, 0.717) is 5.57 Å². The van der Waals surface area contributed by atoms with Crippen molar-refractivity contribution < 1.29 is 18.3 Å². The highest BCUT2D eigenvalue weighted by atomic mass is 32.2. The first kappa shape index (κ1) is 17.9. The third-order valence-corrected chi connectivity index (χ3v) is 4.11. The van der Waals surface area contributed by atoms with Crippen molar-refractivity contribution in [3.05, 3.63) is 48.1 Å². The molecule has 1 aromatic carbocycles. The van der Waals surface area contributed by atoms with Crippen molar-refractivity contribution in [1.29, 1.82) is 0 Å². The molecule has 1 amide bonds. The second-order valence-electron chi connectivity index (χ2n) is 5.47. The second kappa shape index (κ2) is 7.00. The molecule has 0 radical (unpaired) electrons. The Labute approximate surface area is 142 Å². The largest absolute Gasteiger partial charge is 0.494 e. The number of hydrogen-bond acceptors (Lipinski definition) is 5. The summed E-state index contributed by atoms with van der Waals surface area (Å²) in [6, 6.07) is 2.69. The number of hydrogen-bond donors (Lipinski definition) is 4. The quantitative estimate of drug-likeness (QED) is 0.482. The Balaban J connectivity index is 2.32. The number of methoxy groups -OCH3 is 1. The summed E-state index contributed by atoms with van der Waals surface area (Å²) in [5.41, 5.74) is 11.8. The minimum Gasteiger partial charge on any atom is -0.494 e. The third-order valence-electron chi connectivity index (χ3n) is 3.38. The Morgan fingerprint density at radius 2 is 2.08 bits per heavy atom. The summed E-state index contributed by atoms with van der Waals surface area (Å²) in [7, 11) is 1.41. The fourth-order valence-electron chi connectivity index (χ4n) is 2.08. The number of amides is 1. The first-order valence-corrected chi connectivity index (χ1v) is 8.11. The number of carbonyl (C=O) groups excluding carboxylic acids is 1. The topological polar surface area (TPSA) is 128 Å². The highest BCUT2D eigenvalue weighted by molar-refractivity contribution is 7.79. The Morgan fingerprint density at radius 1 is 1.38 bits per heavy atom. The van der Waals surface area contributed by atoms with E-state index in [1.807, 2.05) is 0 Å². The van der Waals surface area contributed by atoms with Crippen molar-refractivity contribution in [2.24, 2.45) is 5.73 Å². The third kappa shape index (κ3) is 4.10. The number of nitrogens with two attached hydrogens (primary N) is 2. The van der Waals surface area contributed by atoms with Crippen LogP contribution < -0.4 is 21.5 Å². The normalized spacial score (nSPS) is 20.9. The number of allylic oxidation sites excluding steroid dienone is 2. The van der Waals surface area contributed by atoms with E-state index in [-0.39, 0.29) is 22.0 Å². The van der Waals surface area contributed by atoms with Crippen LogP contribution in [0.5, 0.6) is 5.75 Å². The Morgan fingerprint density at radius 3 is 2.71 bits per heavy atom. The number of nitrogen functional groups attached to an aromatic ring is 1. The molecular formula is C16H19N3O4S. The minimum atomic E-state index is -2.28. The lowest BCUT2D eigenvalue weighted by atomic mass is 10.0. The van der Waals surface area contributed by atoms with Gasteiger partial charge in [0.2, 0.25) is 0 Å². The lowest BCUT2D eigenvalue weighted by Gasteiger charge is -2.14. The van der Waals surface area contributed by atoms with Crippen molar-refractivity contribution in [2.45, 2.75) is 17.4 Å². The predicted octanol–water partition coefficient (Wildman–Crippen LogP) is 1.57. The van der Waals surface area contributed by atoms with Crippen LogP contribution in [0.4, 0.5) is 11.4 Å². The standard InChI is InChI=1S/C16H19N3O4S/c1-16(18)6-3-4-10(5-7-16)15(20)19-12-9-14(24(21)22)11(17)8-13(12)23-2/h3-9H,17-18H2,1-2H3,(H,19,20)(H,21,22). The molecule has 0 aromatic heterocycles. The Bertz CT molecular complexity index is 782. The molecule has 6 N–H and O–H groups in total. The van der Waals surface area contributed by atoms with Crippen LogP contribution >= 0.6 is 0 Å². The van der Waals surface area contributed by atoms with E-state index >= 15 is 0 Å². The zero-order chi connectivity index (χ0) is 17.9. The lowest BCUT2D eigenvalue weighted by molar-refractivity contribution is -0.112. The molecule has 7 nitrogen and oxygen atoms in total. The molecule has 0 spiro atoms. The van der Waals surface area contributed by atoms with Gasteiger partial charge in [0, 0.05) is 11.6 Å². The van der Waals surface area contributed by atoms with Crippen LogP contribution in [0.1, 0.15) is 6.92 Å². The van der Waals surface area contributed by atoms with Gasteiger partial charge in [-0.3, -0.25) is 4.79 Å². The summed E-state index contributed by atoms with van der Waals surface area (Å²) in [5, 5.41) is 2.65. The number of rotatable bonds is 4. The summed E-state index contributed by atoms with van der Waals surface area (Å²) in [5.74, 6) is -0.126. The molecule has 2 rings (SSSR count). The molecule has 8 heteroatoms. The highest BCUT2D eigenvalue weighted by Gasteiger charge is 2.17. The van der Waals surface area contributed by atoms with E-state index in [1.54, 1.807) is 37.3 Å². The summed E-state index contributed by atoms with van der Waals surface area (Å²) in [6.45, 7) is 1.81. The van der Waals surface area contributed by atoms with Crippen LogP contribution in [-0.2, 0) is 15.9 Å². The van der Waals surface area contributed by atoms with Gasteiger partial charge in [-0.2, -0.15) is 0 Å². The monoisotopic (exact) mass is 349 g/mol. The van der Waals surface area contributed by atoms with E-state index < -0.39 is 22.5 Å². The van der Waals surface area contributed by atoms with Gasteiger partial charge in [0.1, 0.15) is 5.75 Å². The van der Waals surface area contributed by atoms with Crippen LogP contribution in [0, 0.1) is 0 Å². The maximum absolute atomic E-state index is 12.4. The summed E-state index contributed by atoms with van der Waals surface area (Å²) >= 11 is -2.28. The first-order valence-electron chi connectivity index (χ1n) is 7.01. The van der Waals surface area contributed by atoms with Crippen LogP contribution in [0.3, 0.4) is 0 Å². The van der Waals surface area contributed by atoms with Gasteiger partial charge in [-0.05, 0) is 19.1 Å². The predicted molar refractivity (Wildman–Crippen MR) is 94.0 cm³/mol. The fourth-order valence-corrected chi connectivity index (χ4v) is 2.56. The van der Waals surface area contributed by atoms with E-state index in [2.05, 4.69) is 5.32 Å². The molecule has 0 heterocycles. The Hall–Kier alpha value is -2.42. The molecule has 1 aliphatic rings. The van der Waals surface area contributed by atoms with Crippen molar-refractivity contribution in [2.75, 3.05) is 18.2 Å². The summed E-state index contributed by atoms with van der Waals surface area (Å²) in [6.07, 6.45) is 8.41. The average molecular weight is 349 g/mol. The first-order chi connectivity index (χ1) is 11.2. The molecule has 1 aliphatic carbocycles. The summed E-state index contributed by atoms with van der Waals surface area (Å²) < 4.78 is 25.7. The van der Waals surface area contributed by atoms with Gasteiger partial charge in [-0.1, -0.05) is 24.3 Å². The smallest absolute Gasteiger partial charge is 0.255 e. The highest BCUT2D eigenvalue weighted by Crippen LogP contribution is 2.32. The molecule has 0 saturated heterocycles. The summed E-state index contributed by atoms with van der Waals surface area (Å²) in [4.78, 5) is 12.4. The number of nitrogens with one attached hydrogen (secondary N) is 1. The number of anilines is 2. The van der Waals surface area contributed by atoms with Gasteiger partial charge >= 0.3 is 0 Å². The maximum atomic E-state index is 12.4. The van der Waals surface area contributed by atoms with Gasteiger partial charge in [-0.15, -0.1) is 0 Å². The van der Waals surface area contributed by atoms with Crippen molar-refractivity contribution in [1.82, 2.24) is 0 Å². The van der Waals surface area contributed by atoms with E-state index in [1.165, 1.54) is 19.2 Å². The van der Waals surface area contributed by atoms with E-state index in [4.69, 9.17) is 16.2 Å². The second-order valence-corrected chi connectivity index (χ2v) is 6.41. The molecule has 0 saturated carbocycles. The van der Waals surface area contributed by atoms with E-state index in [9.17, 15) is 13.6 Å². The molecular weight excluding hydrogens is 330 g/mol. The average Bonchev–Trinajstić information content (AvgIpc) is 2.69. The molecule has 2 unspecified atom stereocenters. The zero-order valence-electron chi connectivity index (χ0n) is 13.3. The van der Waals surface area contributed by atoms with E-state index in [0.717, 1.165) is 0 Å². The van der Waals surface area contributed by atoms with Gasteiger partial charge in [0.15, 0.2) is 11.1 Å². The van der Waals surface area contributed by atoms with Crippen LogP contribution in [0.2, 0.25) is 0 Å². The fraction of sp³-hybridized carbons (Fsp3) is 0.188. The molecule has 0 aliphatic heterocycles. The maximum Gasteiger partial charge on any atom is 0.255 e. The van der Waals surface area contributed by atoms with Gasteiger partial charge in [0.05, 0.1) is 28.9 Å². The Kier molecular flexibility index (Phi) is 5.23. The molecule has 0 bridgehead atoms. The van der Waals surface area contributed by atoms with Gasteiger partial charge in [0.25, 0.3) is 5.91 Å². The molecule has 128 valence electrons. The van der Waals surface area contributed by atoms with Crippen molar-refractivity contribution in [3.8, 4) is 5.75 Å². The molecule has 24 heavy (non-hydrogen) atoms. The van der Waals surface area contributed by atoms with Gasteiger partial charge in [-0.25, -0.2) is 4.21 Å². The number of carbonyl (C=O) groups is 1. The minimum absolute atomic E-state index is 0.00841. The molecule has 2 atom stereocenters. The molecule has 1 aromatic rings. The van der Waals surface area contributed by atoms with Crippen LogP contribution in [-0.4, -0.2) is 27.3 Å². The SMILES string of the molecule is COc1cc(N)c(S(=O)O)cc1NC(=O)C1=CC=CC(C)(N)C=C1. The van der Waals surface area contributed by atoms with Crippen molar-refractivity contribution in [3.63, 3.8) is 0 Å². The molecule has 0 fully saturated rings. The van der Waals surface area contributed by atoms with Crippen LogP contribution in [0.25, 0.3) is 0 Å². The van der Waals surface area contributed by atoms with Crippen molar-refractivity contribution >= 4 is 28.4 Å². The van der Waals surface area contributed by atoms with Crippen LogP contribution in [0.15, 0.2) is 53.0 Å².